The lowest BCUT2D eigenvalue weighted by Gasteiger charge is -1.93. The number of carbonyl (C=O) groups excluding carboxylic acids is 1. The Balaban J connectivity index is 0.000000492. The van der Waals surface area contributed by atoms with Gasteiger partial charge >= 0.3 is 5.97 Å². The topological polar surface area (TPSA) is 106 Å². The Labute approximate surface area is 108 Å². The third-order valence-corrected chi connectivity index (χ3v) is 3.06. The number of primary amides is 1. The van der Waals surface area contributed by atoms with E-state index in [0.717, 1.165) is 10.4 Å². The summed E-state index contributed by atoms with van der Waals surface area (Å²) in [5, 5.41) is 9.20. The van der Waals surface area contributed by atoms with Crippen molar-refractivity contribution in [2.24, 2.45) is 5.73 Å². The fourth-order valence-corrected chi connectivity index (χ4v) is 2.24. The highest BCUT2D eigenvalue weighted by atomic mass is 32.1. The van der Waals surface area contributed by atoms with Gasteiger partial charge in [-0.1, -0.05) is 30.3 Å². The second-order valence-electron chi connectivity index (χ2n) is 3.20. The lowest BCUT2D eigenvalue weighted by Crippen LogP contribution is -1.97. The van der Waals surface area contributed by atoms with E-state index in [2.05, 4.69) is 5.73 Å². The first-order chi connectivity index (χ1) is 8.60. The number of carboxylic acids is 1. The molecular formula is C12H12N2O3S. The second-order valence-corrected chi connectivity index (χ2v) is 4.28. The molecule has 5 nitrogen and oxygen atoms in total. The molecule has 1 aromatic carbocycles. The van der Waals surface area contributed by atoms with Crippen LogP contribution in [-0.2, 0) is 4.79 Å². The first-order valence-corrected chi connectivity index (χ1v) is 5.75. The van der Waals surface area contributed by atoms with Crippen LogP contribution in [-0.4, -0.2) is 17.5 Å². The van der Waals surface area contributed by atoms with Gasteiger partial charge in [0.1, 0.15) is 5.00 Å². The zero-order valence-corrected chi connectivity index (χ0v) is 10.2. The minimum Gasteiger partial charge on any atom is -0.478 e. The van der Waals surface area contributed by atoms with Crippen LogP contribution in [0.2, 0.25) is 0 Å². The summed E-state index contributed by atoms with van der Waals surface area (Å²) in [5.74, 6) is -0.981. The minimum atomic E-state index is -0.981. The maximum Gasteiger partial charge on any atom is 0.338 e. The molecule has 0 bridgehead atoms. The molecule has 5 N–H and O–H groups in total. The number of hydrogen-bond acceptors (Lipinski definition) is 4. The van der Waals surface area contributed by atoms with E-state index in [9.17, 15) is 4.79 Å². The average molecular weight is 264 g/mol. The van der Waals surface area contributed by atoms with Crippen LogP contribution in [0.1, 0.15) is 10.4 Å². The van der Waals surface area contributed by atoms with Gasteiger partial charge in [0, 0.05) is 4.88 Å². The highest BCUT2D eigenvalue weighted by Gasteiger charge is 2.13. The molecule has 0 aliphatic rings. The monoisotopic (exact) mass is 264 g/mol. The lowest BCUT2D eigenvalue weighted by molar-refractivity contribution is -0.106. The van der Waals surface area contributed by atoms with Gasteiger partial charge in [0.25, 0.3) is 0 Å². The van der Waals surface area contributed by atoms with Gasteiger partial charge in [-0.3, -0.25) is 4.79 Å². The van der Waals surface area contributed by atoms with Crippen LogP contribution in [0.4, 0.5) is 5.00 Å². The summed E-state index contributed by atoms with van der Waals surface area (Å²) in [6.07, 6.45) is 0.250. The molecule has 0 saturated carbocycles. The molecule has 94 valence electrons. The molecule has 18 heavy (non-hydrogen) atoms. The van der Waals surface area contributed by atoms with E-state index < -0.39 is 5.97 Å². The summed E-state index contributed by atoms with van der Waals surface area (Å²) in [6, 6.07) is 11.2. The summed E-state index contributed by atoms with van der Waals surface area (Å²) in [4.78, 5) is 20.3. The Morgan fingerprint density at radius 2 is 1.83 bits per heavy atom. The third kappa shape index (κ3) is 3.33. The highest BCUT2D eigenvalue weighted by molar-refractivity contribution is 7.19. The van der Waals surface area contributed by atoms with Gasteiger partial charge in [0.05, 0.1) is 5.56 Å². The number of anilines is 1. The van der Waals surface area contributed by atoms with Crippen LogP contribution in [0, 0.1) is 0 Å². The van der Waals surface area contributed by atoms with Crippen molar-refractivity contribution in [1.82, 2.24) is 0 Å². The van der Waals surface area contributed by atoms with Crippen molar-refractivity contribution in [3.05, 3.63) is 42.0 Å². The first kappa shape index (κ1) is 13.7. The number of carbonyl (C=O) groups is 2. The fraction of sp³-hybridized carbons (Fsp3) is 0. The van der Waals surface area contributed by atoms with Gasteiger partial charge in [-0.25, -0.2) is 4.79 Å². The summed E-state index contributed by atoms with van der Waals surface area (Å²) in [5.41, 5.74) is 11.0. The molecule has 1 heterocycles. The molecule has 0 aliphatic heterocycles. The first-order valence-electron chi connectivity index (χ1n) is 4.93. The Morgan fingerprint density at radius 1 is 1.28 bits per heavy atom. The number of aromatic carboxylic acids is 1. The predicted molar refractivity (Wildman–Crippen MR) is 71.4 cm³/mol. The van der Waals surface area contributed by atoms with E-state index >= 15 is 0 Å². The Bertz CT molecular complexity index is 538. The highest BCUT2D eigenvalue weighted by Crippen LogP contribution is 2.33. The molecule has 0 atom stereocenters. The average Bonchev–Trinajstić information content (AvgIpc) is 2.74. The Kier molecular flexibility index (Phi) is 4.89. The van der Waals surface area contributed by atoms with Crippen molar-refractivity contribution in [2.75, 3.05) is 5.73 Å². The number of nitrogen functional groups attached to an aromatic ring is 1. The van der Waals surface area contributed by atoms with Gasteiger partial charge in [0.15, 0.2) is 0 Å². The van der Waals surface area contributed by atoms with E-state index in [-0.39, 0.29) is 12.0 Å². The normalized spacial score (nSPS) is 9.11. The van der Waals surface area contributed by atoms with Crippen LogP contribution >= 0.6 is 11.3 Å². The van der Waals surface area contributed by atoms with Crippen molar-refractivity contribution in [2.45, 2.75) is 0 Å². The summed E-state index contributed by atoms with van der Waals surface area (Å²) < 4.78 is 0. The number of hydrogen-bond donors (Lipinski definition) is 3. The van der Waals surface area contributed by atoms with E-state index in [1.165, 1.54) is 11.3 Å². The van der Waals surface area contributed by atoms with Gasteiger partial charge in [-0.05, 0) is 11.6 Å². The largest absolute Gasteiger partial charge is 0.478 e. The van der Waals surface area contributed by atoms with Gasteiger partial charge in [0.2, 0.25) is 6.41 Å². The standard InChI is InChI=1S/C11H9NO2S.CH3NO/c12-10-8(11(13)14)6-9(15-10)7-4-2-1-3-5-7;2-1-3/h1-6H,12H2,(H,13,14);1H,(H2,2,3). The molecular weight excluding hydrogens is 252 g/mol. The fourth-order valence-electron chi connectivity index (χ4n) is 1.32. The quantitative estimate of drug-likeness (QED) is 0.719. The molecule has 1 amide bonds. The van der Waals surface area contributed by atoms with Crippen LogP contribution < -0.4 is 11.5 Å². The number of rotatable bonds is 2. The van der Waals surface area contributed by atoms with E-state index in [1.54, 1.807) is 6.07 Å². The maximum absolute atomic E-state index is 10.8. The van der Waals surface area contributed by atoms with Gasteiger partial charge < -0.3 is 16.6 Å². The van der Waals surface area contributed by atoms with Crippen LogP contribution in [0.15, 0.2) is 36.4 Å². The van der Waals surface area contributed by atoms with E-state index in [4.69, 9.17) is 15.6 Å². The molecule has 0 spiro atoms. The Hall–Kier alpha value is -2.34. The predicted octanol–water partition coefficient (Wildman–Crippen LogP) is 1.80. The second kappa shape index (κ2) is 6.41. The molecule has 0 radical (unpaired) electrons. The lowest BCUT2D eigenvalue weighted by atomic mass is 10.1. The SMILES string of the molecule is NC=O.Nc1sc(-c2ccccc2)cc1C(=O)O. The number of nitrogens with two attached hydrogens (primary N) is 2. The van der Waals surface area contributed by atoms with Gasteiger partial charge in [-0.2, -0.15) is 0 Å². The number of carboxylic acid groups (broad SMARTS) is 1. The summed E-state index contributed by atoms with van der Waals surface area (Å²) in [6.45, 7) is 0. The van der Waals surface area contributed by atoms with Crippen molar-refractivity contribution in [3.8, 4) is 10.4 Å². The molecule has 2 aromatic rings. The van der Waals surface area contributed by atoms with E-state index in [1.807, 2.05) is 30.3 Å². The molecule has 0 aliphatic carbocycles. The molecule has 0 unspecified atom stereocenters. The number of benzene rings is 1. The molecule has 2 rings (SSSR count). The maximum atomic E-state index is 10.8. The van der Waals surface area contributed by atoms with Gasteiger partial charge in [-0.15, -0.1) is 11.3 Å². The molecule has 6 heteroatoms. The van der Waals surface area contributed by atoms with Crippen molar-refractivity contribution < 1.29 is 14.7 Å². The number of amides is 1. The molecule has 0 saturated heterocycles. The number of thiophene rings is 1. The summed E-state index contributed by atoms with van der Waals surface area (Å²) >= 11 is 1.29. The van der Waals surface area contributed by atoms with Crippen LogP contribution in [0.25, 0.3) is 10.4 Å². The zero-order chi connectivity index (χ0) is 13.5. The third-order valence-electron chi connectivity index (χ3n) is 2.05. The van der Waals surface area contributed by atoms with E-state index in [0.29, 0.717) is 5.00 Å². The minimum absolute atomic E-state index is 0.179. The van der Waals surface area contributed by atoms with Crippen molar-refractivity contribution in [1.29, 1.82) is 0 Å². The smallest absolute Gasteiger partial charge is 0.338 e. The zero-order valence-electron chi connectivity index (χ0n) is 9.37. The molecule has 0 fully saturated rings. The van der Waals surface area contributed by atoms with Crippen LogP contribution in [0.3, 0.4) is 0 Å². The van der Waals surface area contributed by atoms with Crippen molar-refractivity contribution in [3.63, 3.8) is 0 Å². The van der Waals surface area contributed by atoms with Crippen molar-refractivity contribution >= 4 is 28.7 Å². The molecule has 1 aromatic heterocycles. The summed E-state index contributed by atoms with van der Waals surface area (Å²) in [7, 11) is 0. The Morgan fingerprint density at radius 3 is 2.28 bits per heavy atom. The van der Waals surface area contributed by atoms with Crippen LogP contribution in [0.5, 0.6) is 0 Å².